The maximum atomic E-state index is 4.18. The van der Waals surface area contributed by atoms with Crippen LogP contribution in [0.1, 0.15) is 37.5 Å². The molecule has 100 valence electrons. The van der Waals surface area contributed by atoms with Crippen molar-refractivity contribution in [1.82, 2.24) is 4.98 Å². The van der Waals surface area contributed by atoms with E-state index in [0.29, 0.717) is 0 Å². The number of pyridine rings is 1. The van der Waals surface area contributed by atoms with E-state index >= 15 is 0 Å². The zero-order valence-electron chi connectivity index (χ0n) is 12.1. The van der Waals surface area contributed by atoms with Crippen LogP contribution in [0, 0.1) is 0 Å². The van der Waals surface area contributed by atoms with Crippen LogP contribution in [-0.4, -0.2) is 11.2 Å². The summed E-state index contributed by atoms with van der Waals surface area (Å²) in [5, 5.41) is 0. The molecule has 0 atom stereocenters. The highest BCUT2D eigenvalue weighted by Crippen LogP contribution is 2.25. The van der Waals surface area contributed by atoms with E-state index in [2.05, 4.69) is 62.3 Å². The lowest BCUT2D eigenvalue weighted by Gasteiger charge is -2.19. The topological polar surface area (TPSA) is 12.9 Å². The maximum absolute atomic E-state index is 4.18. The van der Waals surface area contributed by atoms with Gasteiger partial charge in [-0.25, -0.2) is 0 Å². The predicted octanol–water partition coefficient (Wildman–Crippen LogP) is 4.69. The molecule has 0 N–H and O–H groups in total. The molecule has 1 aromatic carbocycles. The Morgan fingerprint density at radius 3 is 2.32 bits per heavy atom. The standard InChI is InChI=1S/C17H21NS/c1-17(2,3)15-7-5-13(6-8-15)11-14-9-10-18-12-16(14)19-4/h5-10,12H,11H2,1-4H3. The van der Waals surface area contributed by atoms with Crippen molar-refractivity contribution in [2.75, 3.05) is 6.26 Å². The zero-order valence-corrected chi connectivity index (χ0v) is 12.9. The van der Waals surface area contributed by atoms with Gasteiger partial charge < -0.3 is 0 Å². The summed E-state index contributed by atoms with van der Waals surface area (Å²) in [7, 11) is 0. The fourth-order valence-corrected chi connectivity index (χ4v) is 2.65. The molecule has 19 heavy (non-hydrogen) atoms. The molecule has 0 saturated heterocycles. The van der Waals surface area contributed by atoms with E-state index in [1.54, 1.807) is 11.8 Å². The molecule has 0 radical (unpaired) electrons. The van der Waals surface area contributed by atoms with Crippen molar-refractivity contribution in [3.05, 3.63) is 59.4 Å². The van der Waals surface area contributed by atoms with E-state index in [1.165, 1.54) is 21.6 Å². The molecule has 1 heterocycles. The largest absolute Gasteiger partial charge is 0.264 e. The van der Waals surface area contributed by atoms with Crippen LogP contribution in [0.2, 0.25) is 0 Å². The van der Waals surface area contributed by atoms with Gasteiger partial charge in [0.15, 0.2) is 0 Å². The molecule has 0 saturated carbocycles. The maximum Gasteiger partial charge on any atom is 0.0406 e. The molecule has 0 spiro atoms. The third-order valence-corrected chi connectivity index (χ3v) is 4.11. The minimum Gasteiger partial charge on any atom is -0.264 e. The average molecular weight is 271 g/mol. The lowest BCUT2D eigenvalue weighted by molar-refractivity contribution is 0.590. The molecule has 0 unspecified atom stereocenters. The molecular weight excluding hydrogens is 250 g/mol. The van der Waals surface area contributed by atoms with Crippen LogP contribution in [0.25, 0.3) is 0 Å². The van der Waals surface area contributed by atoms with Crippen molar-refractivity contribution in [1.29, 1.82) is 0 Å². The van der Waals surface area contributed by atoms with Crippen LogP contribution in [0.4, 0.5) is 0 Å². The number of aromatic nitrogens is 1. The normalized spacial score (nSPS) is 11.6. The van der Waals surface area contributed by atoms with Crippen LogP contribution in [0.3, 0.4) is 0 Å². The second kappa shape index (κ2) is 5.79. The lowest BCUT2D eigenvalue weighted by atomic mass is 9.86. The first kappa shape index (κ1) is 14.1. The number of rotatable bonds is 3. The van der Waals surface area contributed by atoms with Gasteiger partial charge >= 0.3 is 0 Å². The van der Waals surface area contributed by atoms with Crippen LogP contribution in [0.5, 0.6) is 0 Å². The summed E-state index contributed by atoms with van der Waals surface area (Å²) in [5.41, 5.74) is 4.32. The van der Waals surface area contributed by atoms with Crippen LogP contribution < -0.4 is 0 Å². The molecule has 0 amide bonds. The SMILES string of the molecule is CSc1cnccc1Cc1ccc(C(C)(C)C)cc1. The Balaban J connectivity index is 2.20. The molecular formula is C17H21NS. The third-order valence-electron chi connectivity index (χ3n) is 3.30. The molecule has 1 aromatic heterocycles. The smallest absolute Gasteiger partial charge is 0.0406 e. The van der Waals surface area contributed by atoms with E-state index in [1.807, 2.05) is 12.4 Å². The highest BCUT2D eigenvalue weighted by atomic mass is 32.2. The van der Waals surface area contributed by atoms with Gasteiger partial charge in [0, 0.05) is 17.3 Å². The van der Waals surface area contributed by atoms with Gasteiger partial charge in [0.2, 0.25) is 0 Å². The number of hydrogen-bond acceptors (Lipinski definition) is 2. The van der Waals surface area contributed by atoms with Gasteiger partial charge in [0.25, 0.3) is 0 Å². The summed E-state index contributed by atoms with van der Waals surface area (Å²) in [6.07, 6.45) is 6.90. The van der Waals surface area contributed by atoms with E-state index in [0.717, 1.165) is 6.42 Å². The summed E-state index contributed by atoms with van der Waals surface area (Å²) >= 11 is 1.76. The molecule has 0 fully saturated rings. The van der Waals surface area contributed by atoms with E-state index in [4.69, 9.17) is 0 Å². The van der Waals surface area contributed by atoms with E-state index < -0.39 is 0 Å². The first-order valence-corrected chi connectivity index (χ1v) is 7.79. The van der Waals surface area contributed by atoms with Crippen molar-refractivity contribution in [2.45, 2.75) is 37.5 Å². The van der Waals surface area contributed by atoms with Gasteiger partial charge in [-0.3, -0.25) is 4.98 Å². The van der Waals surface area contributed by atoms with Gasteiger partial charge in [0.05, 0.1) is 0 Å². The van der Waals surface area contributed by atoms with E-state index in [9.17, 15) is 0 Å². The second-order valence-corrected chi connectivity index (χ2v) is 6.66. The number of benzene rings is 1. The monoisotopic (exact) mass is 271 g/mol. The highest BCUT2D eigenvalue weighted by Gasteiger charge is 2.13. The zero-order chi connectivity index (χ0) is 13.9. The summed E-state index contributed by atoms with van der Waals surface area (Å²) in [6, 6.07) is 11.1. The summed E-state index contributed by atoms with van der Waals surface area (Å²) < 4.78 is 0. The molecule has 2 rings (SSSR count). The fourth-order valence-electron chi connectivity index (χ4n) is 2.08. The predicted molar refractivity (Wildman–Crippen MR) is 84.0 cm³/mol. The van der Waals surface area contributed by atoms with Gasteiger partial charge in [-0.15, -0.1) is 11.8 Å². The summed E-state index contributed by atoms with van der Waals surface area (Å²) in [4.78, 5) is 5.45. The van der Waals surface area contributed by atoms with Crippen molar-refractivity contribution in [3.63, 3.8) is 0 Å². The molecule has 0 aliphatic heterocycles. The number of nitrogens with zero attached hydrogens (tertiary/aromatic N) is 1. The first-order chi connectivity index (χ1) is 9.00. The van der Waals surface area contributed by atoms with Crippen molar-refractivity contribution in [3.8, 4) is 0 Å². The molecule has 0 aliphatic rings. The Labute approximate surface area is 120 Å². The molecule has 0 aliphatic carbocycles. The third kappa shape index (κ3) is 3.60. The van der Waals surface area contributed by atoms with E-state index in [-0.39, 0.29) is 5.41 Å². The van der Waals surface area contributed by atoms with Crippen molar-refractivity contribution >= 4 is 11.8 Å². The number of thioether (sulfide) groups is 1. The summed E-state index contributed by atoms with van der Waals surface area (Å²) in [5.74, 6) is 0. The Hall–Kier alpha value is -1.28. The average Bonchev–Trinajstić information content (AvgIpc) is 2.39. The number of hydrogen-bond donors (Lipinski definition) is 0. The molecule has 0 bridgehead atoms. The molecule has 2 aromatic rings. The summed E-state index contributed by atoms with van der Waals surface area (Å²) in [6.45, 7) is 6.74. The van der Waals surface area contributed by atoms with Crippen molar-refractivity contribution in [2.24, 2.45) is 0 Å². The Morgan fingerprint density at radius 1 is 1.05 bits per heavy atom. The first-order valence-electron chi connectivity index (χ1n) is 6.57. The molecule has 2 heteroatoms. The second-order valence-electron chi connectivity index (χ2n) is 5.81. The minimum absolute atomic E-state index is 0.222. The van der Waals surface area contributed by atoms with Crippen LogP contribution >= 0.6 is 11.8 Å². The van der Waals surface area contributed by atoms with Gasteiger partial charge in [-0.2, -0.15) is 0 Å². The Kier molecular flexibility index (Phi) is 4.31. The van der Waals surface area contributed by atoms with Gasteiger partial charge in [0.1, 0.15) is 0 Å². The minimum atomic E-state index is 0.222. The van der Waals surface area contributed by atoms with Crippen LogP contribution in [0.15, 0.2) is 47.6 Å². The van der Waals surface area contributed by atoms with Gasteiger partial charge in [-0.05, 0) is 40.8 Å². The van der Waals surface area contributed by atoms with Crippen molar-refractivity contribution < 1.29 is 0 Å². The highest BCUT2D eigenvalue weighted by molar-refractivity contribution is 7.98. The lowest BCUT2D eigenvalue weighted by Crippen LogP contribution is -2.10. The van der Waals surface area contributed by atoms with Gasteiger partial charge in [-0.1, -0.05) is 45.0 Å². The quantitative estimate of drug-likeness (QED) is 0.751. The molecule has 1 nitrogen and oxygen atoms in total. The Morgan fingerprint density at radius 2 is 1.74 bits per heavy atom. The van der Waals surface area contributed by atoms with Crippen LogP contribution in [-0.2, 0) is 11.8 Å². The Bertz CT molecular complexity index is 538. The fraction of sp³-hybridized carbons (Fsp3) is 0.353.